The van der Waals surface area contributed by atoms with Crippen LogP contribution in [0.1, 0.15) is 92.2 Å². The van der Waals surface area contributed by atoms with E-state index in [1.165, 1.54) is 17.3 Å². The summed E-state index contributed by atoms with van der Waals surface area (Å²) < 4.78 is 0. The molecule has 1 amide bonds. The molecule has 2 aromatic rings. The van der Waals surface area contributed by atoms with Crippen molar-refractivity contribution in [2.24, 2.45) is 5.41 Å². The second kappa shape index (κ2) is 12.0. The van der Waals surface area contributed by atoms with Crippen molar-refractivity contribution in [3.8, 4) is 6.07 Å². The molecule has 1 heterocycles. The van der Waals surface area contributed by atoms with Crippen molar-refractivity contribution >= 4 is 17.2 Å². The van der Waals surface area contributed by atoms with Crippen molar-refractivity contribution in [2.45, 2.75) is 70.8 Å². The highest BCUT2D eigenvalue weighted by Gasteiger charge is 2.28. The maximum absolute atomic E-state index is 13.0. The molecular formula is C29H39N5O3. The first kappa shape index (κ1) is 27.1. The summed E-state index contributed by atoms with van der Waals surface area (Å²) in [4.78, 5) is 22.1. The molecule has 0 radical (unpaired) electrons. The van der Waals surface area contributed by atoms with Gasteiger partial charge < -0.3 is 20.5 Å². The van der Waals surface area contributed by atoms with Crippen molar-refractivity contribution in [1.29, 1.82) is 5.26 Å². The largest absolute Gasteiger partial charge is 0.395 e. The molecule has 2 aliphatic rings. The lowest BCUT2D eigenvalue weighted by Crippen LogP contribution is -2.41. The molecule has 4 N–H and O–H groups in total. The number of aromatic nitrogens is 2. The summed E-state index contributed by atoms with van der Waals surface area (Å²) in [6.45, 7) is 5.95. The number of H-pyrrole nitrogens is 1. The third kappa shape index (κ3) is 6.67. The van der Waals surface area contributed by atoms with Gasteiger partial charge in [-0.1, -0.05) is 32.1 Å². The fourth-order valence-corrected chi connectivity index (χ4v) is 5.70. The van der Waals surface area contributed by atoms with Gasteiger partial charge in [-0.3, -0.25) is 9.69 Å². The quantitative estimate of drug-likeness (QED) is 0.399. The molecule has 1 saturated carbocycles. The number of hydrogen-bond donors (Lipinski definition) is 4. The zero-order valence-electron chi connectivity index (χ0n) is 22.0. The van der Waals surface area contributed by atoms with E-state index in [-0.39, 0.29) is 36.1 Å². The third-order valence-electron chi connectivity index (χ3n) is 7.98. The highest BCUT2D eigenvalue weighted by molar-refractivity contribution is 6.03. The van der Waals surface area contributed by atoms with E-state index in [9.17, 15) is 15.0 Å². The zero-order chi connectivity index (χ0) is 26.4. The number of imidazole rings is 1. The summed E-state index contributed by atoms with van der Waals surface area (Å²) in [5.41, 5.74) is 4.84. The number of nitriles is 1. The van der Waals surface area contributed by atoms with Crippen molar-refractivity contribution in [3.05, 3.63) is 53.1 Å². The topological polar surface area (TPSA) is 125 Å². The first-order valence-electron chi connectivity index (χ1n) is 13.4. The van der Waals surface area contributed by atoms with Crippen LogP contribution in [0.3, 0.4) is 0 Å². The molecule has 198 valence electrons. The highest BCUT2D eigenvalue weighted by Crippen LogP contribution is 2.42. The van der Waals surface area contributed by atoms with E-state index in [1.807, 2.05) is 6.07 Å². The number of anilines is 1. The molecule has 8 heteroatoms. The van der Waals surface area contributed by atoms with Gasteiger partial charge in [0, 0.05) is 30.4 Å². The summed E-state index contributed by atoms with van der Waals surface area (Å²) >= 11 is 0. The minimum atomic E-state index is -0.357. The molecule has 37 heavy (non-hydrogen) atoms. The average Bonchev–Trinajstić information content (AvgIpc) is 3.39. The fraction of sp³-hybridized carbons (Fsp3) is 0.552. The Morgan fingerprint density at radius 1 is 1.22 bits per heavy atom. The van der Waals surface area contributed by atoms with Gasteiger partial charge in [-0.05, 0) is 73.5 Å². The lowest BCUT2D eigenvalue weighted by molar-refractivity contribution is 0.0975. The number of aromatic amines is 1. The van der Waals surface area contributed by atoms with Crippen LogP contribution in [0.4, 0.5) is 5.69 Å². The van der Waals surface area contributed by atoms with Crippen molar-refractivity contribution < 1.29 is 15.0 Å². The van der Waals surface area contributed by atoms with E-state index in [0.29, 0.717) is 25.0 Å². The molecule has 0 spiro atoms. The van der Waals surface area contributed by atoms with Gasteiger partial charge >= 0.3 is 0 Å². The zero-order valence-corrected chi connectivity index (χ0v) is 22.0. The normalized spacial score (nSPS) is 21.4. The second-order valence-corrected chi connectivity index (χ2v) is 11.1. The van der Waals surface area contributed by atoms with E-state index in [0.717, 1.165) is 56.2 Å². The number of rotatable bonds is 9. The first-order chi connectivity index (χ1) is 17.8. The van der Waals surface area contributed by atoms with E-state index in [1.54, 1.807) is 0 Å². The van der Waals surface area contributed by atoms with E-state index >= 15 is 0 Å². The molecule has 8 nitrogen and oxygen atoms in total. The number of allylic oxidation sites excluding steroid dienone is 2. The Morgan fingerprint density at radius 2 is 1.95 bits per heavy atom. The van der Waals surface area contributed by atoms with Crippen molar-refractivity contribution in [2.75, 3.05) is 31.6 Å². The molecule has 0 aliphatic heterocycles. The number of aliphatic hydroxyl groups excluding tert-OH is 2. The van der Waals surface area contributed by atoms with Crippen molar-refractivity contribution in [1.82, 2.24) is 14.9 Å². The molecule has 0 atom stereocenters. The molecule has 1 aromatic carbocycles. The summed E-state index contributed by atoms with van der Waals surface area (Å²) in [6, 6.07) is 8.82. The van der Waals surface area contributed by atoms with Crippen LogP contribution in [-0.2, 0) is 0 Å². The van der Waals surface area contributed by atoms with E-state index in [2.05, 4.69) is 58.3 Å². The summed E-state index contributed by atoms with van der Waals surface area (Å²) in [5, 5.41) is 31.0. The molecule has 0 unspecified atom stereocenters. The van der Waals surface area contributed by atoms with Crippen LogP contribution in [0.2, 0.25) is 0 Å². The van der Waals surface area contributed by atoms with Gasteiger partial charge in [0.2, 0.25) is 0 Å². The minimum Gasteiger partial charge on any atom is -0.395 e. The number of amides is 1. The van der Waals surface area contributed by atoms with Crippen LogP contribution in [0.25, 0.3) is 5.57 Å². The number of nitrogens with zero attached hydrogens (tertiary/aromatic N) is 3. The summed E-state index contributed by atoms with van der Waals surface area (Å²) in [5.74, 6) is 0.156. The number of aliphatic hydroxyl groups is 2. The SMILES string of the molecule is CC1(C)CC=C(c2ccc(C3CCC(N(CCO)CCO)CC3)cc2NC(=O)c2ncc(C#N)[nH]2)CC1. The van der Waals surface area contributed by atoms with Crippen LogP contribution in [-0.4, -0.2) is 63.3 Å². The molecule has 4 rings (SSSR count). The summed E-state index contributed by atoms with van der Waals surface area (Å²) in [7, 11) is 0. The van der Waals surface area contributed by atoms with Crippen LogP contribution >= 0.6 is 0 Å². The van der Waals surface area contributed by atoms with Crippen LogP contribution in [0, 0.1) is 16.7 Å². The molecule has 2 aliphatic carbocycles. The van der Waals surface area contributed by atoms with Gasteiger partial charge in [0.25, 0.3) is 5.91 Å². The molecule has 1 aromatic heterocycles. The lowest BCUT2D eigenvalue weighted by atomic mass is 9.76. The lowest BCUT2D eigenvalue weighted by Gasteiger charge is -2.36. The monoisotopic (exact) mass is 505 g/mol. The Kier molecular flexibility index (Phi) is 8.80. The Morgan fingerprint density at radius 3 is 2.54 bits per heavy atom. The minimum absolute atomic E-state index is 0.100. The standard InChI is InChI=1S/C29H39N5O3/c1-29(2)11-9-21(10-12-29)25-8-5-22(17-26(25)33-28(37)27-31-19-23(18-30)32-27)20-3-6-24(7-4-20)34(13-15-35)14-16-36/h5,8-9,17,19-20,24,35-36H,3-4,6-7,10-16H2,1-2H3,(H,31,32)(H,33,37). The van der Waals surface area contributed by atoms with Crippen LogP contribution in [0.15, 0.2) is 30.5 Å². The third-order valence-corrected chi connectivity index (χ3v) is 7.98. The van der Waals surface area contributed by atoms with Gasteiger partial charge in [0.15, 0.2) is 5.82 Å². The van der Waals surface area contributed by atoms with Crippen LogP contribution in [0.5, 0.6) is 0 Å². The summed E-state index contributed by atoms with van der Waals surface area (Å²) in [6.07, 6.45) is 10.8. The van der Waals surface area contributed by atoms with Gasteiger partial charge in [0.1, 0.15) is 11.8 Å². The Balaban J connectivity index is 1.56. The predicted molar refractivity (Wildman–Crippen MR) is 144 cm³/mol. The van der Waals surface area contributed by atoms with Gasteiger partial charge in [-0.2, -0.15) is 5.26 Å². The first-order valence-corrected chi connectivity index (χ1v) is 13.4. The van der Waals surface area contributed by atoms with E-state index in [4.69, 9.17) is 5.26 Å². The Hall–Kier alpha value is -2.99. The maximum atomic E-state index is 13.0. The van der Waals surface area contributed by atoms with Gasteiger partial charge in [0.05, 0.1) is 19.4 Å². The second-order valence-electron chi connectivity index (χ2n) is 11.1. The van der Waals surface area contributed by atoms with Gasteiger partial charge in [-0.15, -0.1) is 0 Å². The Labute approximate surface area is 219 Å². The molecule has 0 bridgehead atoms. The number of benzene rings is 1. The number of hydrogen-bond acceptors (Lipinski definition) is 6. The Bertz CT molecular complexity index is 1150. The van der Waals surface area contributed by atoms with E-state index < -0.39 is 0 Å². The number of carbonyl (C=O) groups excluding carboxylic acids is 1. The van der Waals surface area contributed by atoms with Gasteiger partial charge in [-0.25, -0.2) is 4.98 Å². The fourth-order valence-electron chi connectivity index (χ4n) is 5.70. The maximum Gasteiger partial charge on any atom is 0.291 e. The van der Waals surface area contributed by atoms with Crippen LogP contribution < -0.4 is 5.32 Å². The smallest absolute Gasteiger partial charge is 0.291 e. The van der Waals surface area contributed by atoms with Crippen molar-refractivity contribution in [3.63, 3.8) is 0 Å². The average molecular weight is 506 g/mol. The molecule has 0 saturated heterocycles. The molecule has 1 fully saturated rings. The number of carbonyl (C=O) groups is 1. The highest BCUT2D eigenvalue weighted by atomic mass is 16.3. The number of nitrogens with one attached hydrogen (secondary N) is 2. The predicted octanol–water partition coefficient (Wildman–Crippen LogP) is 4.44. The molecular weight excluding hydrogens is 466 g/mol.